The van der Waals surface area contributed by atoms with Crippen LogP contribution in [0.25, 0.3) is 0 Å². The monoisotopic (exact) mass is 258 g/mol. The number of unbranched alkanes of at least 4 members (excludes halogenated alkanes) is 2. The van der Waals surface area contributed by atoms with Crippen molar-refractivity contribution in [1.82, 2.24) is 0 Å². The van der Waals surface area contributed by atoms with Gasteiger partial charge in [0.05, 0.1) is 19.1 Å². The van der Waals surface area contributed by atoms with E-state index >= 15 is 0 Å². The fraction of sp³-hybridized carbons (Fsp3) is 0.857. The van der Waals surface area contributed by atoms with Gasteiger partial charge in [0.1, 0.15) is 0 Å². The van der Waals surface area contributed by atoms with E-state index in [0.717, 1.165) is 25.7 Å². The summed E-state index contributed by atoms with van der Waals surface area (Å²) in [4.78, 5) is 22.8. The number of esters is 2. The zero-order chi connectivity index (χ0) is 13.8. The summed E-state index contributed by atoms with van der Waals surface area (Å²) in [7, 11) is 0. The molecule has 0 N–H and O–H groups in total. The van der Waals surface area contributed by atoms with Crippen molar-refractivity contribution in [1.29, 1.82) is 0 Å². The Morgan fingerprint density at radius 2 is 1.56 bits per heavy atom. The molecule has 0 aromatic rings. The van der Waals surface area contributed by atoms with Gasteiger partial charge in [-0.05, 0) is 19.3 Å². The maximum atomic E-state index is 11.5. The van der Waals surface area contributed by atoms with Gasteiger partial charge < -0.3 is 9.47 Å². The van der Waals surface area contributed by atoms with Gasteiger partial charge in [-0.25, -0.2) is 0 Å². The van der Waals surface area contributed by atoms with Crippen LogP contribution in [0, 0.1) is 5.92 Å². The minimum Gasteiger partial charge on any atom is -0.466 e. The first-order valence-electron chi connectivity index (χ1n) is 6.94. The van der Waals surface area contributed by atoms with Gasteiger partial charge in [-0.15, -0.1) is 0 Å². The smallest absolute Gasteiger partial charge is 0.308 e. The van der Waals surface area contributed by atoms with Crippen molar-refractivity contribution in [2.24, 2.45) is 5.92 Å². The van der Waals surface area contributed by atoms with E-state index in [0.29, 0.717) is 19.6 Å². The summed E-state index contributed by atoms with van der Waals surface area (Å²) < 4.78 is 10.1. The van der Waals surface area contributed by atoms with Crippen LogP contribution in [0.3, 0.4) is 0 Å². The fourth-order valence-electron chi connectivity index (χ4n) is 1.31. The molecule has 4 nitrogen and oxygen atoms in total. The van der Waals surface area contributed by atoms with E-state index in [4.69, 9.17) is 9.47 Å². The highest BCUT2D eigenvalue weighted by Crippen LogP contribution is 2.09. The predicted molar refractivity (Wildman–Crippen MR) is 70.1 cm³/mol. The lowest BCUT2D eigenvalue weighted by molar-refractivity contribution is -0.149. The van der Waals surface area contributed by atoms with Gasteiger partial charge in [-0.3, -0.25) is 9.59 Å². The zero-order valence-corrected chi connectivity index (χ0v) is 11.9. The van der Waals surface area contributed by atoms with E-state index in [2.05, 4.69) is 0 Å². The number of carbonyl (C=O) groups is 2. The van der Waals surface area contributed by atoms with Crippen molar-refractivity contribution in [3.63, 3.8) is 0 Å². The summed E-state index contributed by atoms with van der Waals surface area (Å²) in [5, 5.41) is 0. The third-order valence-electron chi connectivity index (χ3n) is 2.69. The van der Waals surface area contributed by atoms with Crippen molar-refractivity contribution in [2.45, 2.75) is 59.3 Å². The minimum atomic E-state index is -0.236. The van der Waals surface area contributed by atoms with E-state index in [1.54, 1.807) is 6.92 Å². The highest BCUT2D eigenvalue weighted by molar-refractivity contribution is 5.74. The van der Waals surface area contributed by atoms with Gasteiger partial charge in [-0.1, -0.05) is 33.6 Å². The molecule has 0 bridgehead atoms. The molecule has 0 heterocycles. The molecule has 0 aliphatic rings. The molecule has 0 aromatic heterocycles. The van der Waals surface area contributed by atoms with E-state index in [-0.39, 0.29) is 24.3 Å². The Bertz CT molecular complexity index is 238. The lowest BCUT2D eigenvalue weighted by atomic mass is 10.1. The highest BCUT2D eigenvalue weighted by Gasteiger charge is 2.16. The second-order valence-electron chi connectivity index (χ2n) is 4.53. The molecular formula is C14H26O4. The maximum absolute atomic E-state index is 11.5. The highest BCUT2D eigenvalue weighted by atomic mass is 16.5. The first-order chi connectivity index (χ1) is 8.61. The molecule has 0 unspecified atom stereocenters. The third-order valence-corrected chi connectivity index (χ3v) is 2.69. The fourth-order valence-corrected chi connectivity index (χ4v) is 1.31. The maximum Gasteiger partial charge on any atom is 0.308 e. The molecular weight excluding hydrogens is 232 g/mol. The summed E-state index contributed by atoms with van der Waals surface area (Å²) in [5.74, 6) is -0.679. The lowest BCUT2D eigenvalue weighted by Crippen LogP contribution is -2.17. The third kappa shape index (κ3) is 9.02. The molecule has 0 saturated heterocycles. The lowest BCUT2D eigenvalue weighted by Gasteiger charge is -2.10. The van der Waals surface area contributed by atoms with Crippen LogP contribution in [-0.2, 0) is 19.1 Å². The normalized spacial score (nSPS) is 11.9. The van der Waals surface area contributed by atoms with Gasteiger partial charge in [0.25, 0.3) is 0 Å². The van der Waals surface area contributed by atoms with E-state index in [1.807, 2.05) is 13.8 Å². The van der Waals surface area contributed by atoms with Crippen molar-refractivity contribution in [3.8, 4) is 0 Å². The van der Waals surface area contributed by atoms with Crippen molar-refractivity contribution in [3.05, 3.63) is 0 Å². The Labute approximate surface area is 110 Å². The van der Waals surface area contributed by atoms with E-state index in [9.17, 15) is 9.59 Å². The van der Waals surface area contributed by atoms with Gasteiger partial charge in [0, 0.05) is 6.42 Å². The Kier molecular flexibility index (Phi) is 10.4. The average Bonchev–Trinajstić information content (AvgIpc) is 2.36. The van der Waals surface area contributed by atoms with Crippen molar-refractivity contribution in [2.75, 3.05) is 13.2 Å². The number of ether oxygens (including phenoxy) is 2. The summed E-state index contributed by atoms with van der Waals surface area (Å²) in [6.45, 7) is 6.82. The Morgan fingerprint density at radius 3 is 2.11 bits per heavy atom. The second-order valence-corrected chi connectivity index (χ2v) is 4.53. The first-order valence-corrected chi connectivity index (χ1v) is 6.94. The van der Waals surface area contributed by atoms with Crippen LogP contribution in [0.2, 0.25) is 0 Å². The van der Waals surface area contributed by atoms with E-state index in [1.165, 1.54) is 0 Å². The molecule has 18 heavy (non-hydrogen) atoms. The molecule has 106 valence electrons. The summed E-state index contributed by atoms with van der Waals surface area (Å²) in [5.41, 5.74) is 0. The van der Waals surface area contributed by atoms with Gasteiger partial charge >= 0.3 is 11.9 Å². The summed E-state index contributed by atoms with van der Waals surface area (Å²) >= 11 is 0. The van der Waals surface area contributed by atoms with Gasteiger partial charge in [0.2, 0.25) is 0 Å². The topological polar surface area (TPSA) is 52.6 Å². The molecule has 4 heteroatoms. The minimum absolute atomic E-state index is 0.218. The summed E-state index contributed by atoms with van der Waals surface area (Å²) in [6.07, 6.45) is 4.57. The van der Waals surface area contributed by atoms with Crippen LogP contribution in [0.15, 0.2) is 0 Å². The molecule has 0 saturated carbocycles. The molecule has 0 aliphatic carbocycles. The average molecular weight is 258 g/mol. The Hall–Kier alpha value is -1.06. The van der Waals surface area contributed by atoms with Crippen LogP contribution in [0.5, 0.6) is 0 Å². The molecule has 0 spiro atoms. The van der Waals surface area contributed by atoms with Crippen LogP contribution < -0.4 is 0 Å². The number of hydrogen-bond donors (Lipinski definition) is 0. The molecule has 0 fully saturated rings. The number of rotatable bonds is 10. The Morgan fingerprint density at radius 1 is 1.00 bits per heavy atom. The molecule has 1 atom stereocenters. The predicted octanol–water partition coefficient (Wildman–Crippen LogP) is 3.09. The largest absolute Gasteiger partial charge is 0.466 e. The summed E-state index contributed by atoms with van der Waals surface area (Å²) in [6, 6.07) is 0. The Balaban J connectivity index is 3.64. The first kappa shape index (κ1) is 16.9. The zero-order valence-electron chi connectivity index (χ0n) is 11.9. The molecule has 0 aliphatic heterocycles. The van der Waals surface area contributed by atoms with E-state index < -0.39 is 0 Å². The van der Waals surface area contributed by atoms with Crippen molar-refractivity contribution >= 4 is 11.9 Å². The molecule has 0 aromatic carbocycles. The number of hydrogen-bond acceptors (Lipinski definition) is 4. The van der Waals surface area contributed by atoms with Crippen LogP contribution in [0.1, 0.15) is 59.3 Å². The van der Waals surface area contributed by atoms with Crippen molar-refractivity contribution < 1.29 is 19.1 Å². The van der Waals surface area contributed by atoms with Crippen LogP contribution in [0.4, 0.5) is 0 Å². The molecule has 0 rings (SSSR count). The van der Waals surface area contributed by atoms with Crippen LogP contribution in [-0.4, -0.2) is 25.2 Å². The second kappa shape index (κ2) is 11.1. The quantitative estimate of drug-likeness (QED) is 0.446. The van der Waals surface area contributed by atoms with Crippen LogP contribution >= 0.6 is 0 Å². The standard InChI is InChI=1S/C14H26O4/c1-4-6-10-17-13(15)9-8-12(3)14(16)18-11-7-5-2/h12H,4-11H2,1-3H3/t12-/m0/s1. The molecule has 0 amide bonds. The van der Waals surface area contributed by atoms with Gasteiger partial charge in [0.15, 0.2) is 0 Å². The SMILES string of the molecule is CCCCOC(=O)CC[C@H](C)C(=O)OCCCC. The number of carbonyl (C=O) groups excluding carboxylic acids is 2. The van der Waals surface area contributed by atoms with Gasteiger partial charge in [-0.2, -0.15) is 0 Å². The molecule has 0 radical (unpaired) electrons.